The van der Waals surface area contributed by atoms with Gasteiger partial charge in [0.1, 0.15) is 19.3 Å². The molecule has 0 spiro atoms. The number of pyridine rings is 1. The van der Waals surface area contributed by atoms with Crippen LogP contribution in [0.15, 0.2) is 42.6 Å². The van der Waals surface area contributed by atoms with E-state index in [9.17, 15) is 14.8 Å². The summed E-state index contributed by atoms with van der Waals surface area (Å²) >= 11 is 0. The second kappa shape index (κ2) is 24.3. The van der Waals surface area contributed by atoms with E-state index in [1.54, 1.807) is 0 Å². The molecule has 0 bridgehead atoms. The molecule has 0 saturated carbocycles. The number of hydrogen-bond donors (Lipinski definition) is 2. The number of carbonyl (C=O) groups excluding carboxylic acids is 1. The van der Waals surface area contributed by atoms with E-state index in [4.69, 9.17) is 18.5 Å². The number of nitrogens with one attached hydrogen (secondary N) is 1. The van der Waals surface area contributed by atoms with Gasteiger partial charge in [0, 0.05) is 24.1 Å². The Balaban J connectivity index is 1.11. The van der Waals surface area contributed by atoms with Crippen molar-refractivity contribution in [2.75, 3.05) is 19.8 Å². The molecule has 1 aromatic carbocycles. The Bertz CT molecular complexity index is 1070. The van der Waals surface area contributed by atoms with Crippen molar-refractivity contribution in [1.29, 1.82) is 0 Å². The van der Waals surface area contributed by atoms with Gasteiger partial charge in [0.05, 0.1) is 14.7 Å². The van der Waals surface area contributed by atoms with Crippen LogP contribution < -0.4 is 14.8 Å². The van der Waals surface area contributed by atoms with Crippen molar-refractivity contribution < 1.29 is 37.9 Å². The van der Waals surface area contributed by atoms with Gasteiger partial charge in [-0.3, -0.25) is 0 Å². The van der Waals surface area contributed by atoms with Gasteiger partial charge in [-0.15, -0.1) is 0 Å². The Morgan fingerprint density at radius 3 is 2.22 bits per heavy atom. The molecule has 2 heterocycles. The summed E-state index contributed by atoms with van der Waals surface area (Å²) in [7, 11) is -2.52. The summed E-state index contributed by atoms with van der Waals surface area (Å²) in [5.41, 5.74) is 1.05. The number of aliphatic hydroxyl groups is 1. The molecule has 1 aliphatic rings. The number of amides is 1. The molecule has 1 fully saturated rings. The van der Waals surface area contributed by atoms with Gasteiger partial charge in [-0.1, -0.05) is 115 Å². The van der Waals surface area contributed by atoms with Crippen molar-refractivity contribution in [1.82, 2.24) is 5.32 Å². The molecular weight excluding hydrogens is 603 g/mol. The number of rotatable bonds is 26. The molecule has 3 rings (SSSR count). The van der Waals surface area contributed by atoms with E-state index in [0.717, 1.165) is 23.7 Å². The summed E-state index contributed by atoms with van der Waals surface area (Å²) in [5.74, 6) is 0. The van der Waals surface area contributed by atoms with Gasteiger partial charge in [0.25, 0.3) is 0 Å². The molecule has 260 valence electrons. The molecule has 4 atom stereocenters. The molecule has 10 heteroatoms. The zero-order valence-corrected chi connectivity index (χ0v) is 29.0. The zero-order valence-electron chi connectivity index (χ0n) is 28.1. The molecule has 2 aromatic rings. The Labute approximate surface area is 278 Å². The molecule has 0 radical (unpaired) electrons. The van der Waals surface area contributed by atoms with Crippen molar-refractivity contribution >= 4 is 25.6 Å². The number of alkyl carbamates (subject to hydrolysis) is 1. The van der Waals surface area contributed by atoms with Crippen molar-refractivity contribution in [3.05, 3.63) is 42.6 Å². The molecule has 1 amide bonds. The quantitative estimate of drug-likeness (QED) is 0.0462. The van der Waals surface area contributed by atoms with Crippen LogP contribution in [0.25, 0.3) is 10.9 Å². The zero-order chi connectivity index (χ0) is 32.7. The van der Waals surface area contributed by atoms with E-state index >= 15 is 0 Å². The summed E-state index contributed by atoms with van der Waals surface area (Å²) in [6, 6.07) is 12.0. The SMILES string of the molecule is CCCCCCCCCCCCCCCCCCNC(=O)OC[C@H]1CC[C@@H](C(O)OP([O-])OCC[n+]2cccc3ccccc32)O1. The predicted molar refractivity (Wildman–Crippen MR) is 181 cm³/mol. The monoisotopic (exact) mass is 662 g/mol. The third kappa shape index (κ3) is 16.3. The molecule has 2 N–H and O–H groups in total. The van der Waals surface area contributed by atoms with Gasteiger partial charge in [0.2, 0.25) is 5.52 Å². The maximum atomic E-state index is 12.3. The minimum Gasteiger partial charge on any atom is -0.786 e. The molecule has 46 heavy (non-hydrogen) atoms. The van der Waals surface area contributed by atoms with Crippen LogP contribution in [0.5, 0.6) is 0 Å². The van der Waals surface area contributed by atoms with Crippen molar-refractivity contribution in [2.45, 2.75) is 148 Å². The first kappa shape index (κ1) is 38.6. The number of aliphatic hydroxyl groups excluding tert-OH is 1. The minimum absolute atomic E-state index is 0.0961. The van der Waals surface area contributed by atoms with Crippen LogP contribution in [-0.4, -0.2) is 49.5 Å². The van der Waals surface area contributed by atoms with E-state index in [0.29, 0.717) is 25.9 Å². The second-order valence-electron chi connectivity index (χ2n) is 12.5. The number of fused-ring (bicyclic) bond motifs is 1. The molecule has 1 aromatic heterocycles. The third-order valence-electron chi connectivity index (χ3n) is 8.67. The van der Waals surface area contributed by atoms with Crippen molar-refractivity contribution in [3.63, 3.8) is 0 Å². The second-order valence-corrected chi connectivity index (χ2v) is 13.4. The van der Waals surface area contributed by atoms with Crippen LogP contribution in [0.4, 0.5) is 4.79 Å². The maximum absolute atomic E-state index is 12.3. The number of ether oxygens (including phenoxy) is 2. The van der Waals surface area contributed by atoms with Crippen LogP contribution >= 0.6 is 8.60 Å². The van der Waals surface area contributed by atoms with Crippen LogP contribution in [0.2, 0.25) is 0 Å². The average molecular weight is 663 g/mol. The number of hydrogen-bond acceptors (Lipinski definition) is 7. The number of aromatic nitrogens is 1. The standard InChI is InChI=1S/C36H59N2O7P/c1-2-3-4-5-6-7-8-9-10-11-12-13-14-15-16-19-26-37-36(40)42-30-32-24-25-34(44-32)35(39)45-46(41)43-29-28-38-27-20-22-31-21-17-18-23-33(31)38/h17-18,20-23,27,32,34-35,39H,2-16,19,24-26,28-30H2,1H3,(H,37,40)/t32-,34+,35?,46?/m1/s1. The molecule has 0 aliphatic carbocycles. The number of unbranched alkanes of at least 4 members (excludes halogenated alkanes) is 15. The Kier molecular flexibility index (Phi) is 20.4. The molecular formula is C36H59N2O7P. The molecule has 9 nitrogen and oxygen atoms in total. The van der Waals surface area contributed by atoms with E-state index in [-0.39, 0.29) is 19.3 Å². The smallest absolute Gasteiger partial charge is 0.407 e. The predicted octanol–water partition coefficient (Wildman–Crippen LogP) is 7.60. The van der Waals surface area contributed by atoms with Crippen LogP contribution in [0.3, 0.4) is 0 Å². The van der Waals surface area contributed by atoms with Gasteiger partial charge in [-0.2, -0.15) is 4.57 Å². The van der Waals surface area contributed by atoms with Crippen LogP contribution in [0.1, 0.15) is 122 Å². The summed E-state index contributed by atoms with van der Waals surface area (Å²) in [5, 5.41) is 14.3. The fourth-order valence-electron chi connectivity index (χ4n) is 5.97. The van der Waals surface area contributed by atoms with Gasteiger partial charge < -0.3 is 33.8 Å². The number of nitrogens with zero attached hydrogens (tertiary/aromatic N) is 1. The van der Waals surface area contributed by atoms with Gasteiger partial charge in [-0.05, 0) is 31.4 Å². The minimum atomic E-state index is -2.52. The lowest BCUT2D eigenvalue weighted by molar-refractivity contribution is -0.672. The topological polar surface area (TPSA) is 113 Å². The summed E-state index contributed by atoms with van der Waals surface area (Å²) in [6.45, 7) is 3.62. The molecule has 1 saturated heterocycles. The first-order chi connectivity index (χ1) is 22.6. The van der Waals surface area contributed by atoms with E-state index in [2.05, 4.69) is 12.2 Å². The first-order valence-corrected chi connectivity index (χ1v) is 19.0. The summed E-state index contributed by atoms with van der Waals surface area (Å²) in [6.07, 6.45) is 21.3. The van der Waals surface area contributed by atoms with Gasteiger partial charge >= 0.3 is 6.09 Å². The number of carbonyl (C=O) groups is 1. The lowest BCUT2D eigenvalue weighted by Gasteiger charge is -2.27. The highest BCUT2D eigenvalue weighted by Gasteiger charge is 2.32. The molecule has 1 aliphatic heterocycles. The number of benzene rings is 1. The largest absolute Gasteiger partial charge is 0.786 e. The first-order valence-electron chi connectivity index (χ1n) is 17.9. The maximum Gasteiger partial charge on any atom is 0.407 e. The third-order valence-corrected chi connectivity index (χ3v) is 9.45. The molecule has 2 unspecified atom stereocenters. The van der Waals surface area contributed by atoms with Crippen LogP contribution in [-0.2, 0) is 25.1 Å². The Morgan fingerprint density at radius 2 is 1.54 bits per heavy atom. The van der Waals surface area contributed by atoms with Crippen molar-refractivity contribution in [3.8, 4) is 0 Å². The lowest BCUT2D eigenvalue weighted by atomic mass is 10.0. The van der Waals surface area contributed by atoms with E-state index in [1.165, 1.54) is 89.9 Å². The highest BCUT2D eigenvalue weighted by molar-refractivity contribution is 7.39. The van der Waals surface area contributed by atoms with Gasteiger partial charge in [0.15, 0.2) is 19.0 Å². The fraction of sp³-hybridized carbons (Fsp3) is 0.722. The fourth-order valence-corrected chi connectivity index (χ4v) is 6.57. The number of para-hydroxylation sites is 1. The normalized spacial score (nSPS) is 17.7. The summed E-state index contributed by atoms with van der Waals surface area (Å²) < 4.78 is 23.6. The highest BCUT2D eigenvalue weighted by atomic mass is 31.2. The lowest BCUT2D eigenvalue weighted by Crippen LogP contribution is -2.36. The van der Waals surface area contributed by atoms with Crippen LogP contribution in [0, 0.1) is 0 Å². The van der Waals surface area contributed by atoms with E-state index < -0.39 is 27.1 Å². The summed E-state index contributed by atoms with van der Waals surface area (Å²) in [4.78, 5) is 24.3. The average Bonchev–Trinajstić information content (AvgIpc) is 3.55. The van der Waals surface area contributed by atoms with E-state index in [1.807, 2.05) is 47.2 Å². The highest BCUT2D eigenvalue weighted by Crippen LogP contribution is 2.33. The Hall–Kier alpha value is -1.87. The van der Waals surface area contributed by atoms with Gasteiger partial charge in [-0.25, -0.2) is 4.79 Å². The van der Waals surface area contributed by atoms with Crippen molar-refractivity contribution in [2.24, 2.45) is 0 Å². The Morgan fingerprint density at radius 1 is 0.935 bits per heavy atom.